The highest BCUT2D eigenvalue weighted by molar-refractivity contribution is 6.02. The highest BCUT2D eigenvalue weighted by atomic mass is 16.6. The molecule has 3 aliphatic heterocycles. The van der Waals surface area contributed by atoms with Gasteiger partial charge in [-0.1, -0.05) is 44.9 Å². The maximum Gasteiger partial charge on any atom is 0.307 e. The normalized spacial score (nSPS) is 37.1. The summed E-state index contributed by atoms with van der Waals surface area (Å²) < 4.78 is 6.01. The van der Waals surface area contributed by atoms with E-state index in [0.717, 1.165) is 70.6 Å². The van der Waals surface area contributed by atoms with Crippen LogP contribution in [-0.4, -0.2) is 63.1 Å². The fourth-order valence-corrected chi connectivity index (χ4v) is 7.24. The lowest BCUT2D eigenvalue weighted by atomic mass is 9.79. The minimum absolute atomic E-state index is 0.0265. The van der Waals surface area contributed by atoms with Gasteiger partial charge < -0.3 is 14.5 Å². The molecule has 5 aliphatic rings. The average molecular weight is 431 g/mol. The molecule has 4 atom stereocenters. The summed E-state index contributed by atoms with van der Waals surface area (Å²) in [7, 11) is 0. The summed E-state index contributed by atoms with van der Waals surface area (Å²) in [6, 6.07) is -1.20. The molecule has 2 amide bonds. The third-order valence-electron chi connectivity index (χ3n) is 8.48. The molecule has 5 fully saturated rings. The average Bonchev–Trinajstić information content (AvgIpc) is 3.14. The Bertz CT molecular complexity index is 783. The quantitative estimate of drug-likeness (QED) is 0.506. The Morgan fingerprint density at radius 1 is 0.871 bits per heavy atom. The van der Waals surface area contributed by atoms with Crippen LogP contribution in [0.2, 0.25) is 0 Å². The molecule has 0 aromatic carbocycles. The van der Waals surface area contributed by atoms with Crippen molar-refractivity contribution < 1.29 is 23.9 Å². The van der Waals surface area contributed by atoms with Crippen LogP contribution in [0.4, 0.5) is 0 Å². The van der Waals surface area contributed by atoms with E-state index in [1.54, 1.807) is 0 Å². The molecule has 0 aromatic rings. The molecule has 170 valence electrons. The lowest BCUT2D eigenvalue weighted by Gasteiger charge is -2.38. The molecule has 2 aliphatic carbocycles. The molecule has 5 rings (SSSR count). The number of Topliss-reactive ketones (excluding diaryl/α,β-unsaturated/α-hetero) is 1. The van der Waals surface area contributed by atoms with Gasteiger partial charge >= 0.3 is 5.97 Å². The van der Waals surface area contributed by atoms with Gasteiger partial charge in [-0.3, -0.25) is 19.2 Å². The zero-order chi connectivity index (χ0) is 21.8. The maximum atomic E-state index is 14.1. The van der Waals surface area contributed by atoms with E-state index in [1.807, 2.05) is 9.80 Å². The van der Waals surface area contributed by atoms with Crippen LogP contribution in [0.1, 0.15) is 90.4 Å². The minimum Gasteiger partial charge on any atom is -0.453 e. The van der Waals surface area contributed by atoms with Crippen LogP contribution in [0, 0.1) is 5.92 Å². The monoisotopic (exact) mass is 430 g/mol. The second kappa shape index (κ2) is 7.89. The smallest absolute Gasteiger partial charge is 0.307 e. The van der Waals surface area contributed by atoms with Gasteiger partial charge in [-0.2, -0.15) is 0 Å². The van der Waals surface area contributed by atoms with Crippen LogP contribution in [-0.2, 0) is 23.9 Å². The Morgan fingerprint density at radius 2 is 1.42 bits per heavy atom. The van der Waals surface area contributed by atoms with E-state index in [4.69, 9.17) is 4.74 Å². The third-order valence-corrected chi connectivity index (χ3v) is 8.48. The van der Waals surface area contributed by atoms with Crippen molar-refractivity contribution in [1.82, 2.24) is 9.80 Å². The Hall–Kier alpha value is -1.92. The molecule has 2 saturated carbocycles. The number of esters is 1. The van der Waals surface area contributed by atoms with E-state index < -0.39 is 29.6 Å². The largest absolute Gasteiger partial charge is 0.453 e. The third kappa shape index (κ3) is 3.13. The number of ether oxygens (including phenoxy) is 1. The van der Waals surface area contributed by atoms with Gasteiger partial charge in [0.1, 0.15) is 5.78 Å². The van der Waals surface area contributed by atoms with Gasteiger partial charge in [0.05, 0.1) is 18.4 Å². The molecule has 0 bridgehead atoms. The molecule has 1 spiro atoms. The Kier molecular flexibility index (Phi) is 5.33. The summed E-state index contributed by atoms with van der Waals surface area (Å²) in [6.07, 6.45) is 11.5. The topological polar surface area (TPSA) is 84.0 Å². The first-order chi connectivity index (χ1) is 14.9. The molecule has 31 heavy (non-hydrogen) atoms. The Balaban J connectivity index is 1.59. The van der Waals surface area contributed by atoms with Crippen molar-refractivity contribution in [2.24, 2.45) is 5.92 Å². The number of hydrogen-bond acceptors (Lipinski definition) is 5. The molecule has 0 unspecified atom stereocenters. The lowest BCUT2D eigenvalue weighted by Crippen LogP contribution is -2.54. The van der Waals surface area contributed by atoms with Gasteiger partial charge in [0, 0.05) is 18.5 Å². The fourth-order valence-electron chi connectivity index (χ4n) is 7.24. The summed E-state index contributed by atoms with van der Waals surface area (Å²) in [4.78, 5) is 56.2. The molecule has 0 radical (unpaired) electrons. The molecule has 0 aromatic heterocycles. The van der Waals surface area contributed by atoms with E-state index in [2.05, 4.69) is 0 Å². The zero-order valence-corrected chi connectivity index (χ0v) is 18.5. The number of hydrogen-bond donors (Lipinski definition) is 0. The number of rotatable bonds is 4. The molecular weight excluding hydrogens is 396 g/mol. The second-order valence-corrected chi connectivity index (χ2v) is 10.3. The fraction of sp³-hybridized carbons (Fsp3) is 0.833. The first-order valence-electron chi connectivity index (χ1n) is 12.3. The Labute approximate surface area is 183 Å². The highest BCUT2D eigenvalue weighted by Crippen LogP contribution is 2.56. The summed E-state index contributed by atoms with van der Waals surface area (Å²) in [5.41, 5.74) is -1.19. The predicted octanol–water partition coefficient (Wildman–Crippen LogP) is 2.74. The summed E-state index contributed by atoms with van der Waals surface area (Å²) in [5, 5.41) is 0. The Morgan fingerprint density at radius 3 is 2.00 bits per heavy atom. The molecule has 3 saturated heterocycles. The van der Waals surface area contributed by atoms with E-state index in [9.17, 15) is 19.2 Å². The van der Waals surface area contributed by atoms with E-state index in [1.165, 1.54) is 6.92 Å². The van der Waals surface area contributed by atoms with Crippen molar-refractivity contribution in [1.29, 1.82) is 0 Å². The van der Waals surface area contributed by atoms with Gasteiger partial charge in [0.2, 0.25) is 11.8 Å². The van der Waals surface area contributed by atoms with Crippen LogP contribution >= 0.6 is 0 Å². The van der Waals surface area contributed by atoms with Gasteiger partial charge in [0.15, 0.2) is 11.6 Å². The maximum absolute atomic E-state index is 14.1. The van der Waals surface area contributed by atoms with Crippen molar-refractivity contribution in [3.05, 3.63) is 0 Å². The number of carbonyl (C=O) groups is 4. The standard InChI is InChI=1S/C24H34N2O5/c1-15(27)13-19-24-18(14-20(28)31-24)22(29)26(17-11-7-4-8-12-17)21(24)23(30)25(19)16-9-5-2-3-6-10-16/h16-19,21H,2-14H2,1H3/t18-,19+,21+,24+/m1/s1. The van der Waals surface area contributed by atoms with E-state index in [-0.39, 0.29) is 42.5 Å². The van der Waals surface area contributed by atoms with Gasteiger partial charge in [-0.15, -0.1) is 0 Å². The molecular formula is C24H34N2O5. The number of ketones is 1. The van der Waals surface area contributed by atoms with E-state index in [0.29, 0.717) is 0 Å². The molecule has 7 heteroatoms. The second-order valence-electron chi connectivity index (χ2n) is 10.3. The summed E-state index contributed by atoms with van der Waals surface area (Å²) in [5.74, 6) is -1.28. The zero-order valence-electron chi connectivity index (χ0n) is 18.5. The van der Waals surface area contributed by atoms with E-state index >= 15 is 0 Å². The summed E-state index contributed by atoms with van der Waals surface area (Å²) in [6.45, 7) is 1.53. The van der Waals surface area contributed by atoms with Crippen LogP contribution < -0.4 is 0 Å². The predicted molar refractivity (Wildman–Crippen MR) is 112 cm³/mol. The number of likely N-dealkylation sites (tertiary alicyclic amines) is 2. The van der Waals surface area contributed by atoms with Crippen LogP contribution in [0.25, 0.3) is 0 Å². The highest BCUT2D eigenvalue weighted by Gasteiger charge is 2.77. The van der Waals surface area contributed by atoms with Crippen LogP contribution in [0.15, 0.2) is 0 Å². The van der Waals surface area contributed by atoms with Crippen molar-refractivity contribution >= 4 is 23.6 Å². The summed E-state index contributed by atoms with van der Waals surface area (Å²) >= 11 is 0. The van der Waals surface area contributed by atoms with Crippen molar-refractivity contribution in [2.75, 3.05) is 0 Å². The molecule has 3 heterocycles. The molecule has 7 nitrogen and oxygen atoms in total. The number of carbonyl (C=O) groups excluding carboxylic acids is 4. The van der Waals surface area contributed by atoms with Crippen molar-refractivity contribution in [2.45, 2.75) is 120 Å². The van der Waals surface area contributed by atoms with Gasteiger partial charge in [-0.25, -0.2) is 0 Å². The van der Waals surface area contributed by atoms with Gasteiger partial charge in [-0.05, 0) is 32.6 Å². The van der Waals surface area contributed by atoms with Crippen LogP contribution in [0.5, 0.6) is 0 Å². The minimum atomic E-state index is -1.19. The van der Waals surface area contributed by atoms with Crippen molar-refractivity contribution in [3.63, 3.8) is 0 Å². The number of nitrogens with zero attached hydrogens (tertiary/aromatic N) is 2. The SMILES string of the molecule is CC(=O)C[C@@H]1N(C2CCCCCC2)C(=O)[C@@H]2N(C3CCCCC3)C(=O)[C@H]3CC(=O)O[C@@]312. The first-order valence-corrected chi connectivity index (χ1v) is 12.3. The van der Waals surface area contributed by atoms with Crippen molar-refractivity contribution in [3.8, 4) is 0 Å². The van der Waals surface area contributed by atoms with Crippen LogP contribution in [0.3, 0.4) is 0 Å². The van der Waals surface area contributed by atoms with Gasteiger partial charge in [0.25, 0.3) is 0 Å². The first kappa shape index (κ1) is 21.0. The number of amides is 2. The lowest BCUT2D eigenvalue weighted by molar-refractivity contribution is -0.155. The molecule has 0 N–H and O–H groups in total.